The molecule has 1 N–H and O–H groups in total. The molecule has 0 unspecified atom stereocenters. The standard InChI is InChI=1S/C22H30O2/c1-14(20(23)24)17-9-10-18-16-8-7-15-6-4-5-12-21(15,2)19(16)11-13-22(17,18)3/h5-6,12,16,18-19H,4,7-11,13H2,1-3H3,(H,23,24)/t16-,18-,19-,21-,22+/m0/s1. The molecule has 0 radical (unpaired) electrons. The normalized spacial score (nSPS) is 45.8. The van der Waals surface area contributed by atoms with E-state index in [1.807, 2.05) is 6.92 Å². The van der Waals surface area contributed by atoms with Crippen molar-refractivity contribution in [3.8, 4) is 0 Å². The lowest BCUT2D eigenvalue weighted by atomic mass is 9.48. The van der Waals surface area contributed by atoms with Crippen molar-refractivity contribution >= 4 is 5.97 Å². The number of carboxylic acid groups (broad SMARTS) is 1. The van der Waals surface area contributed by atoms with E-state index in [9.17, 15) is 9.90 Å². The highest BCUT2D eigenvalue weighted by molar-refractivity contribution is 5.87. The van der Waals surface area contributed by atoms with Crippen molar-refractivity contribution in [2.45, 2.75) is 65.7 Å². The van der Waals surface area contributed by atoms with Crippen LogP contribution in [0, 0.1) is 28.6 Å². The molecule has 0 aromatic heterocycles. The van der Waals surface area contributed by atoms with Gasteiger partial charge in [-0.2, -0.15) is 0 Å². The van der Waals surface area contributed by atoms with Gasteiger partial charge in [-0.1, -0.05) is 43.2 Å². The van der Waals surface area contributed by atoms with Crippen LogP contribution in [-0.4, -0.2) is 11.1 Å². The maximum atomic E-state index is 11.6. The van der Waals surface area contributed by atoms with Gasteiger partial charge in [0, 0.05) is 11.0 Å². The monoisotopic (exact) mass is 326 g/mol. The second-order valence-corrected chi connectivity index (χ2v) is 8.97. The van der Waals surface area contributed by atoms with Gasteiger partial charge < -0.3 is 5.11 Å². The first-order valence-corrected chi connectivity index (χ1v) is 9.68. The van der Waals surface area contributed by atoms with Crippen LogP contribution < -0.4 is 0 Å². The van der Waals surface area contributed by atoms with Gasteiger partial charge in [-0.25, -0.2) is 4.79 Å². The molecule has 0 saturated heterocycles. The number of aliphatic carboxylic acids is 1. The predicted octanol–water partition coefficient (Wildman–Crippen LogP) is 5.52. The van der Waals surface area contributed by atoms with E-state index in [1.54, 1.807) is 5.57 Å². The summed E-state index contributed by atoms with van der Waals surface area (Å²) in [6.07, 6.45) is 15.6. The maximum Gasteiger partial charge on any atom is 0.331 e. The van der Waals surface area contributed by atoms with E-state index in [-0.39, 0.29) is 10.8 Å². The molecule has 5 atom stereocenters. The highest BCUT2D eigenvalue weighted by atomic mass is 16.4. The number of hydrogen-bond donors (Lipinski definition) is 1. The van der Waals surface area contributed by atoms with Crippen molar-refractivity contribution in [2.75, 3.05) is 0 Å². The molecule has 4 aliphatic rings. The van der Waals surface area contributed by atoms with Crippen LogP contribution in [0.3, 0.4) is 0 Å². The number of hydrogen-bond acceptors (Lipinski definition) is 1. The first-order chi connectivity index (χ1) is 11.4. The van der Waals surface area contributed by atoms with E-state index in [2.05, 4.69) is 32.1 Å². The van der Waals surface area contributed by atoms with Crippen molar-refractivity contribution < 1.29 is 9.90 Å². The molecule has 0 heterocycles. The highest BCUT2D eigenvalue weighted by Gasteiger charge is 2.57. The van der Waals surface area contributed by atoms with Gasteiger partial charge >= 0.3 is 5.97 Å². The fourth-order valence-corrected chi connectivity index (χ4v) is 6.90. The second kappa shape index (κ2) is 5.34. The number of fused-ring (bicyclic) bond motifs is 5. The molecule has 4 rings (SSSR count). The Morgan fingerprint density at radius 3 is 2.71 bits per heavy atom. The van der Waals surface area contributed by atoms with E-state index in [0.29, 0.717) is 11.5 Å². The van der Waals surface area contributed by atoms with Crippen molar-refractivity contribution in [1.29, 1.82) is 0 Å². The fourth-order valence-electron chi connectivity index (χ4n) is 6.90. The molecular formula is C22H30O2. The summed E-state index contributed by atoms with van der Waals surface area (Å²) in [5.74, 6) is 1.46. The van der Waals surface area contributed by atoms with E-state index < -0.39 is 5.97 Å². The lowest BCUT2D eigenvalue weighted by Gasteiger charge is -2.56. The van der Waals surface area contributed by atoms with Crippen LogP contribution in [0.15, 0.2) is 34.9 Å². The third-order valence-electron chi connectivity index (χ3n) is 8.17. The van der Waals surface area contributed by atoms with E-state index in [1.165, 1.54) is 31.3 Å². The first kappa shape index (κ1) is 16.2. The Balaban J connectivity index is 1.71. The summed E-state index contributed by atoms with van der Waals surface area (Å²) in [6.45, 7) is 6.65. The molecule has 2 nitrogen and oxygen atoms in total. The Kier molecular flexibility index (Phi) is 3.60. The lowest BCUT2D eigenvalue weighted by Crippen LogP contribution is -2.48. The average molecular weight is 326 g/mol. The van der Waals surface area contributed by atoms with Gasteiger partial charge in [0.15, 0.2) is 0 Å². The van der Waals surface area contributed by atoms with Crippen LogP contribution >= 0.6 is 0 Å². The van der Waals surface area contributed by atoms with Crippen LogP contribution in [0.1, 0.15) is 65.7 Å². The molecule has 3 fully saturated rings. The first-order valence-electron chi connectivity index (χ1n) is 9.68. The zero-order valence-electron chi connectivity index (χ0n) is 15.3. The largest absolute Gasteiger partial charge is 0.478 e. The summed E-state index contributed by atoms with van der Waals surface area (Å²) in [6, 6.07) is 0. The Morgan fingerprint density at radius 1 is 1.17 bits per heavy atom. The Labute approximate surface area is 145 Å². The summed E-state index contributed by atoms with van der Waals surface area (Å²) in [5, 5.41) is 9.50. The third-order valence-corrected chi connectivity index (χ3v) is 8.17. The summed E-state index contributed by atoms with van der Waals surface area (Å²) < 4.78 is 0. The second-order valence-electron chi connectivity index (χ2n) is 8.97. The van der Waals surface area contributed by atoms with Crippen molar-refractivity contribution in [2.24, 2.45) is 28.6 Å². The van der Waals surface area contributed by atoms with Gasteiger partial charge in [-0.05, 0) is 75.0 Å². The minimum absolute atomic E-state index is 0.125. The van der Waals surface area contributed by atoms with Gasteiger partial charge in [0.05, 0.1) is 0 Å². The average Bonchev–Trinajstić information content (AvgIpc) is 2.90. The minimum Gasteiger partial charge on any atom is -0.478 e. The van der Waals surface area contributed by atoms with Crippen LogP contribution in [0.2, 0.25) is 0 Å². The molecule has 0 bridgehead atoms. The summed E-state index contributed by atoms with van der Waals surface area (Å²) >= 11 is 0. The molecule has 0 spiro atoms. The third kappa shape index (κ3) is 2.04. The number of carbonyl (C=O) groups is 1. The highest BCUT2D eigenvalue weighted by Crippen LogP contribution is 2.66. The lowest BCUT2D eigenvalue weighted by molar-refractivity contribution is -0.132. The zero-order valence-corrected chi connectivity index (χ0v) is 15.3. The summed E-state index contributed by atoms with van der Waals surface area (Å²) in [7, 11) is 0. The van der Waals surface area contributed by atoms with Crippen molar-refractivity contribution in [3.05, 3.63) is 34.9 Å². The van der Waals surface area contributed by atoms with Crippen LogP contribution in [0.4, 0.5) is 0 Å². The van der Waals surface area contributed by atoms with Gasteiger partial charge in [0.25, 0.3) is 0 Å². The fraction of sp³-hybridized carbons (Fsp3) is 0.682. The SMILES string of the molecule is CC(C(=O)O)=C1CC[C@H]2[C@@H]3CCC4=CCC=C[C@]4(C)[C@H]3CC[C@]12C. The van der Waals surface area contributed by atoms with Crippen LogP contribution in [-0.2, 0) is 4.79 Å². The van der Waals surface area contributed by atoms with Crippen LogP contribution in [0.5, 0.6) is 0 Å². The van der Waals surface area contributed by atoms with Gasteiger partial charge in [0.1, 0.15) is 0 Å². The smallest absolute Gasteiger partial charge is 0.331 e. The number of allylic oxidation sites excluding steroid dienone is 5. The topological polar surface area (TPSA) is 37.3 Å². The maximum absolute atomic E-state index is 11.6. The van der Waals surface area contributed by atoms with Crippen molar-refractivity contribution in [3.63, 3.8) is 0 Å². The molecule has 0 aromatic rings. The Morgan fingerprint density at radius 2 is 1.96 bits per heavy atom. The van der Waals surface area contributed by atoms with E-state index >= 15 is 0 Å². The molecule has 130 valence electrons. The summed E-state index contributed by atoms with van der Waals surface area (Å²) in [5.41, 5.74) is 3.93. The quantitative estimate of drug-likeness (QED) is 0.509. The molecular weight excluding hydrogens is 296 g/mol. The molecule has 3 saturated carbocycles. The predicted molar refractivity (Wildman–Crippen MR) is 96.6 cm³/mol. The molecule has 0 aliphatic heterocycles. The molecule has 0 amide bonds. The Bertz CT molecular complexity index is 667. The summed E-state index contributed by atoms with van der Waals surface area (Å²) in [4.78, 5) is 11.6. The zero-order chi connectivity index (χ0) is 17.1. The number of rotatable bonds is 1. The molecule has 2 heteroatoms. The molecule has 0 aromatic carbocycles. The minimum atomic E-state index is -0.718. The van der Waals surface area contributed by atoms with Gasteiger partial charge in [-0.3, -0.25) is 0 Å². The van der Waals surface area contributed by atoms with Gasteiger partial charge in [-0.15, -0.1) is 0 Å². The Hall–Kier alpha value is -1.31. The molecule has 4 aliphatic carbocycles. The van der Waals surface area contributed by atoms with Gasteiger partial charge in [0.2, 0.25) is 0 Å². The number of carboxylic acids is 1. The van der Waals surface area contributed by atoms with Crippen LogP contribution in [0.25, 0.3) is 0 Å². The van der Waals surface area contributed by atoms with Crippen molar-refractivity contribution in [1.82, 2.24) is 0 Å². The molecule has 24 heavy (non-hydrogen) atoms. The van der Waals surface area contributed by atoms with E-state index in [4.69, 9.17) is 0 Å². The van der Waals surface area contributed by atoms with E-state index in [0.717, 1.165) is 31.1 Å².